The van der Waals surface area contributed by atoms with Gasteiger partial charge in [-0.3, -0.25) is 14.7 Å². The van der Waals surface area contributed by atoms with Gasteiger partial charge in [0.15, 0.2) is 0 Å². The van der Waals surface area contributed by atoms with E-state index >= 15 is 0 Å². The molecule has 0 aliphatic carbocycles. The lowest BCUT2D eigenvalue weighted by Crippen LogP contribution is -2.51. The number of hydrogen-bond donors (Lipinski definition) is 2. The Morgan fingerprint density at radius 2 is 2.41 bits per heavy atom. The Balaban J connectivity index is 1.98. The second kappa shape index (κ2) is 8.25. The number of amides is 1. The first-order chi connectivity index (χ1) is 10.7. The predicted octanol–water partition coefficient (Wildman–Crippen LogP) is 1.22. The number of carbonyl (C=O) groups is 1. The molecule has 1 aliphatic rings. The van der Waals surface area contributed by atoms with E-state index in [4.69, 9.17) is 5.11 Å². The summed E-state index contributed by atoms with van der Waals surface area (Å²) in [5, 5.41) is 12.0. The van der Waals surface area contributed by atoms with Gasteiger partial charge in [0.05, 0.1) is 12.0 Å². The van der Waals surface area contributed by atoms with E-state index in [0.717, 1.165) is 45.2 Å². The lowest BCUT2D eigenvalue weighted by atomic mass is 9.74. The number of hydrogen-bond acceptors (Lipinski definition) is 4. The maximum atomic E-state index is 12.5. The average Bonchev–Trinajstić information content (AvgIpc) is 2.56. The molecule has 1 saturated heterocycles. The minimum atomic E-state index is -0.315. The lowest BCUT2D eigenvalue weighted by molar-refractivity contribution is -0.134. The monoisotopic (exact) mass is 305 g/mol. The quantitative estimate of drug-likeness (QED) is 0.795. The molecule has 2 rings (SSSR count). The number of aliphatic hydroxyl groups excluding tert-OH is 1. The van der Waals surface area contributed by atoms with E-state index in [2.05, 4.69) is 21.3 Å². The number of likely N-dealkylation sites (tertiary alicyclic amines) is 1. The third-order valence-corrected chi connectivity index (χ3v) is 4.62. The van der Waals surface area contributed by atoms with Crippen LogP contribution >= 0.6 is 0 Å². The van der Waals surface area contributed by atoms with Crippen molar-refractivity contribution in [3.8, 4) is 0 Å². The van der Waals surface area contributed by atoms with Crippen LogP contribution in [0.3, 0.4) is 0 Å². The molecule has 5 nitrogen and oxygen atoms in total. The summed E-state index contributed by atoms with van der Waals surface area (Å²) in [4.78, 5) is 18.8. The van der Waals surface area contributed by atoms with Crippen molar-refractivity contribution in [1.82, 2.24) is 15.2 Å². The van der Waals surface area contributed by atoms with E-state index in [-0.39, 0.29) is 17.9 Å². The number of nitrogens with one attached hydrogen (secondary N) is 1. The largest absolute Gasteiger partial charge is 0.395 e. The van der Waals surface area contributed by atoms with Gasteiger partial charge in [0.1, 0.15) is 0 Å². The van der Waals surface area contributed by atoms with Crippen molar-refractivity contribution in [2.45, 2.75) is 32.1 Å². The van der Waals surface area contributed by atoms with Gasteiger partial charge in [-0.05, 0) is 50.3 Å². The number of nitrogens with zero attached hydrogens (tertiary/aromatic N) is 2. The molecule has 1 fully saturated rings. The van der Waals surface area contributed by atoms with Crippen molar-refractivity contribution < 1.29 is 9.90 Å². The Labute approximate surface area is 132 Å². The summed E-state index contributed by atoms with van der Waals surface area (Å²) in [7, 11) is 1.72. The Morgan fingerprint density at radius 1 is 1.55 bits per heavy atom. The van der Waals surface area contributed by atoms with Crippen LogP contribution < -0.4 is 5.32 Å². The molecule has 0 spiro atoms. The van der Waals surface area contributed by atoms with Gasteiger partial charge in [-0.1, -0.05) is 6.07 Å². The number of carbonyl (C=O) groups excluding carboxylic acids is 1. The molecule has 2 heterocycles. The highest BCUT2D eigenvalue weighted by molar-refractivity contribution is 5.82. The molecule has 0 bridgehead atoms. The molecular formula is C17H27N3O2. The number of β-amino-alcohol motifs (C(OH)–C–C–N with tert-alkyl or cyclic N) is 1. The van der Waals surface area contributed by atoms with Gasteiger partial charge in [-0.15, -0.1) is 0 Å². The SMILES string of the molecule is CNC(=O)C1(CCCc2cccnc2)CCCN(CCO)C1. The second-order valence-corrected chi connectivity index (χ2v) is 6.18. The predicted molar refractivity (Wildman–Crippen MR) is 86.4 cm³/mol. The molecule has 2 N–H and O–H groups in total. The summed E-state index contributed by atoms with van der Waals surface area (Å²) in [5.41, 5.74) is 0.905. The maximum absolute atomic E-state index is 12.5. The number of pyridine rings is 1. The Hall–Kier alpha value is -1.46. The third-order valence-electron chi connectivity index (χ3n) is 4.62. The second-order valence-electron chi connectivity index (χ2n) is 6.18. The molecule has 1 unspecified atom stereocenters. The number of aryl methyl sites for hydroxylation is 1. The molecule has 22 heavy (non-hydrogen) atoms. The van der Waals surface area contributed by atoms with Crippen molar-refractivity contribution in [3.05, 3.63) is 30.1 Å². The molecule has 1 aliphatic heterocycles. The number of aliphatic hydroxyl groups is 1. The number of rotatable bonds is 7. The fraction of sp³-hybridized carbons (Fsp3) is 0.647. The molecule has 1 aromatic heterocycles. The van der Waals surface area contributed by atoms with E-state index in [0.29, 0.717) is 6.54 Å². The minimum absolute atomic E-state index is 0.140. The van der Waals surface area contributed by atoms with E-state index in [1.807, 2.05) is 12.3 Å². The first-order valence-electron chi connectivity index (χ1n) is 8.14. The highest BCUT2D eigenvalue weighted by Crippen LogP contribution is 2.35. The van der Waals surface area contributed by atoms with Crippen molar-refractivity contribution in [1.29, 1.82) is 0 Å². The molecule has 0 radical (unpaired) electrons. The molecule has 5 heteroatoms. The fourth-order valence-electron chi connectivity index (χ4n) is 3.50. The Bertz CT molecular complexity index is 464. The van der Waals surface area contributed by atoms with Crippen LogP contribution in [0, 0.1) is 5.41 Å². The van der Waals surface area contributed by atoms with Crippen molar-refractivity contribution in [3.63, 3.8) is 0 Å². The van der Waals surface area contributed by atoms with Crippen molar-refractivity contribution in [2.24, 2.45) is 5.41 Å². The van der Waals surface area contributed by atoms with Crippen LogP contribution in [0.15, 0.2) is 24.5 Å². The summed E-state index contributed by atoms with van der Waals surface area (Å²) in [6, 6.07) is 4.03. The molecule has 1 atom stereocenters. The molecule has 1 amide bonds. The molecule has 122 valence electrons. The number of piperidine rings is 1. The summed E-state index contributed by atoms with van der Waals surface area (Å²) < 4.78 is 0. The van der Waals surface area contributed by atoms with Gasteiger partial charge in [-0.2, -0.15) is 0 Å². The zero-order valence-corrected chi connectivity index (χ0v) is 13.4. The van der Waals surface area contributed by atoms with E-state index in [1.165, 1.54) is 5.56 Å². The first kappa shape index (κ1) is 16.9. The van der Waals surface area contributed by atoms with Gasteiger partial charge in [0.2, 0.25) is 5.91 Å². The van der Waals surface area contributed by atoms with Crippen LogP contribution in [-0.4, -0.2) is 54.2 Å². The summed E-state index contributed by atoms with van der Waals surface area (Å²) in [6.07, 6.45) is 8.43. The van der Waals surface area contributed by atoms with Crippen LogP contribution in [0.5, 0.6) is 0 Å². The Morgan fingerprint density at radius 3 is 3.09 bits per heavy atom. The zero-order chi connectivity index (χ0) is 15.8. The van der Waals surface area contributed by atoms with Gasteiger partial charge < -0.3 is 10.4 Å². The number of aromatic nitrogens is 1. The van der Waals surface area contributed by atoms with Gasteiger partial charge in [-0.25, -0.2) is 0 Å². The van der Waals surface area contributed by atoms with Crippen LogP contribution in [-0.2, 0) is 11.2 Å². The molecular weight excluding hydrogens is 278 g/mol. The highest BCUT2D eigenvalue weighted by atomic mass is 16.3. The molecule has 1 aromatic rings. The van der Waals surface area contributed by atoms with Gasteiger partial charge in [0, 0.05) is 32.5 Å². The summed E-state index contributed by atoms with van der Waals surface area (Å²) in [5.74, 6) is 0.140. The molecule has 0 saturated carbocycles. The van der Waals surface area contributed by atoms with Crippen LogP contribution in [0.1, 0.15) is 31.2 Å². The zero-order valence-electron chi connectivity index (χ0n) is 13.4. The first-order valence-corrected chi connectivity index (χ1v) is 8.14. The van der Waals surface area contributed by atoms with Crippen LogP contribution in [0.25, 0.3) is 0 Å². The maximum Gasteiger partial charge on any atom is 0.227 e. The van der Waals surface area contributed by atoms with E-state index < -0.39 is 0 Å². The normalized spacial score (nSPS) is 22.5. The van der Waals surface area contributed by atoms with Crippen LogP contribution in [0.4, 0.5) is 0 Å². The Kier molecular flexibility index (Phi) is 6.34. The topological polar surface area (TPSA) is 65.5 Å². The average molecular weight is 305 g/mol. The lowest BCUT2D eigenvalue weighted by Gasteiger charge is -2.41. The van der Waals surface area contributed by atoms with Gasteiger partial charge in [0.25, 0.3) is 0 Å². The molecule has 0 aromatic carbocycles. The van der Waals surface area contributed by atoms with Crippen molar-refractivity contribution in [2.75, 3.05) is 33.3 Å². The standard InChI is InChI=1S/C17H27N3O2/c1-18-16(22)17(8-4-10-20(14-17)11-12-21)7-2-5-15-6-3-9-19-13-15/h3,6,9,13,21H,2,4-5,7-8,10-12,14H2,1H3,(H,18,22). The summed E-state index contributed by atoms with van der Waals surface area (Å²) in [6.45, 7) is 2.53. The van der Waals surface area contributed by atoms with Crippen molar-refractivity contribution >= 4 is 5.91 Å². The van der Waals surface area contributed by atoms with E-state index in [1.54, 1.807) is 13.2 Å². The minimum Gasteiger partial charge on any atom is -0.395 e. The van der Waals surface area contributed by atoms with E-state index in [9.17, 15) is 4.79 Å². The fourth-order valence-corrected chi connectivity index (χ4v) is 3.50. The summed E-state index contributed by atoms with van der Waals surface area (Å²) >= 11 is 0. The van der Waals surface area contributed by atoms with Crippen LogP contribution in [0.2, 0.25) is 0 Å². The van der Waals surface area contributed by atoms with Gasteiger partial charge >= 0.3 is 0 Å². The smallest absolute Gasteiger partial charge is 0.227 e. The third kappa shape index (κ3) is 4.27. The highest BCUT2D eigenvalue weighted by Gasteiger charge is 2.40.